The summed E-state index contributed by atoms with van der Waals surface area (Å²) >= 11 is 0. The van der Waals surface area contributed by atoms with Gasteiger partial charge in [0.25, 0.3) is 5.91 Å². The van der Waals surface area contributed by atoms with Crippen LogP contribution < -0.4 is 17.0 Å². The Morgan fingerprint density at radius 3 is 2.78 bits per heavy atom. The van der Waals surface area contributed by atoms with E-state index < -0.39 is 11.9 Å². The average molecular weight is 127 g/mol. The van der Waals surface area contributed by atoms with Crippen molar-refractivity contribution in [2.24, 2.45) is 11.6 Å². The lowest BCUT2D eigenvalue weighted by atomic mass is 10.2. The zero-order valence-corrected chi connectivity index (χ0v) is 4.92. The molecule has 1 atom stereocenters. The average Bonchev–Trinajstić information content (AvgIpc) is 1.87. The Morgan fingerprint density at radius 2 is 2.44 bits per heavy atom. The van der Waals surface area contributed by atoms with Gasteiger partial charge in [0.1, 0.15) is 0 Å². The van der Waals surface area contributed by atoms with E-state index in [0.717, 1.165) is 0 Å². The summed E-state index contributed by atoms with van der Waals surface area (Å²) in [5.41, 5.74) is 7.09. The SMILES string of the molecule is C#CC[C@H](N)C(=O)NN. The van der Waals surface area contributed by atoms with Gasteiger partial charge < -0.3 is 5.73 Å². The second kappa shape index (κ2) is 3.89. The molecule has 0 bridgehead atoms. The van der Waals surface area contributed by atoms with Crippen molar-refractivity contribution >= 4 is 5.91 Å². The van der Waals surface area contributed by atoms with E-state index in [4.69, 9.17) is 18.0 Å². The summed E-state index contributed by atoms with van der Waals surface area (Å²) in [5, 5.41) is 0. The molecule has 4 heteroatoms. The fraction of sp³-hybridized carbons (Fsp3) is 0.400. The maximum atomic E-state index is 10.4. The fourth-order valence-electron chi connectivity index (χ4n) is 0.327. The molecule has 9 heavy (non-hydrogen) atoms. The van der Waals surface area contributed by atoms with Gasteiger partial charge in [0.2, 0.25) is 0 Å². The van der Waals surface area contributed by atoms with Crippen LogP contribution in [0.1, 0.15) is 6.42 Å². The molecule has 0 aliphatic rings. The molecule has 4 nitrogen and oxygen atoms in total. The van der Waals surface area contributed by atoms with Gasteiger partial charge in [-0.25, -0.2) is 5.84 Å². The second-order valence-electron chi connectivity index (χ2n) is 1.52. The molecule has 0 radical (unpaired) electrons. The molecule has 0 spiro atoms. The summed E-state index contributed by atoms with van der Waals surface area (Å²) in [5.74, 6) is 6.56. The van der Waals surface area contributed by atoms with Crippen LogP contribution in [0.5, 0.6) is 0 Å². The highest BCUT2D eigenvalue weighted by molar-refractivity contribution is 5.81. The Hall–Kier alpha value is -1.05. The van der Waals surface area contributed by atoms with Crippen molar-refractivity contribution in [1.29, 1.82) is 0 Å². The summed E-state index contributed by atoms with van der Waals surface area (Å²) in [6, 6.07) is -0.681. The van der Waals surface area contributed by atoms with Crippen LogP contribution >= 0.6 is 0 Å². The molecule has 5 N–H and O–H groups in total. The fourth-order valence-corrected chi connectivity index (χ4v) is 0.327. The zero-order valence-electron chi connectivity index (χ0n) is 4.92. The molecule has 0 aliphatic heterocycles. The van der Waals surface area contributed by atoms with Gasteiger partial charge in [-0.2, -0.15) is 0 Å². The van der Waals surface area contributed by atoms with Crippen LogP contribution in [-0.2, 0) is 4.79 Å². The Bertz CT molecular complexity index is 138. The van der Waals surface area contributed by atoms with E-state index in [1.165, 1.54) is 0 Å². The van der Waals surface area contributed by atoms with Crippen LogP contribution in [0.15, 0.2) is 0 Å². The third-order valence-electron chi connectivity index (χ3n) is 0.817. The molecule has 0 heterocycles. The molecule has 0 unspecified atom stereocenters. The van der Waals surface area contributed by atoms with Gasteiger partial charge in [0, 0.05) is 6.42 Å². The number of nitrogens with one attached hydrogen (secondary N) is 1. The second-order valence-corrected chi connectivity index (χ2v) is 1.52. The van der Waals surface area contributed by atoms with Gasteiger partial charge in [-0.15, -0.1) is 12.3 Å². The maximum absolute atomic E-state index is 10.4. The molecular weight excluding hydrogens is 118 g/mol. The van der Waals surface area contributed by atoms with Gasteiger partial charge >= 0.3 is 0 Å². The summed E-state index contributed by atoms with van der Waals surface area (Å²) in [4.78, 5) is 10.4. The highest BCUT2D eigenvalue weighted by atomic mass is 16.2. The van der Waals surface area contributed by atoms with E-state index in [9.17, 15) is 4.79 Å². The van der Waals surface area contributed by atoms with Gasteiger partial charge in [-0.3, -0.25) is 10.2 Å². The zero-order chi connectivity index (χ0) is 7.28. The largest absolute Gasteiger partial charge is 0.319 e. The smallest absolute Gasteiger partial charge is 0.251 e. The summed E-state index contributed by atoms with van der Waals surface area (Å²) < 4.78 is 0. The lowest BCUT2D eigenvalue weighted by molar-refractivity contribution is -0.122. The molecular formula is C5H9N3O. The highest BCUT2D eigenvalue weighted by Crippen LogP contribution is 1.82. The number of hydrazine groups is 1. The van der Waals surface area contributed by atoms with Crippen molar-refractivity contribution in [2.45, 2.75) is 12.5 Å². The Kier molecular flexibility index (Phi) is 3.44. The highest BCUT2D eigenvalue weighted by Gasteiger charge is 2.08. The van der Waals surface area contributed by atoms with E-state index in [2.05, 4.69) is 5.92 Å². The van der Waals surface area contributed by atoms with Crippen molar-refractivity contribution in [2.75, 3.05) is 0 Å². The molecule has 1 amide bonds. The summed E-state index contributed by atoms with van der Waals surface area (Å²) in [7, 11) is 0. The summed E-state index contributed by atoms with van der Waals surface area (Å²) in [6.07, 6.45) is 5.08. The lowest BCUT2D eigenvalue weighted by Gasteiger charge is -2.03. The molecule has 0 aromatic rings. The van der Waals surface area contributed by atoms with E-state index in [0.29, 0.717) is 0 Å². The van der Waals surface area contributed by atoms with Crippen LogP contribution in [0.3, 0.4) is 0 Å². The Balaban J connectivity index is 3.62. The minimum Gasteiger partial charge on any atom is -0.319 e. The van der Waals surface area contributed by atoms with Crippen molar-refractivity contribution in [3.8, 4) is 12.3 Å². The van der Waals surface area contributed by atoms with Crippen molar-refractivity contribution in [3.63, 3.8) is 0 Å². The predicted molar refractivity (Wildman–Crippen MR) is 33.8 cm³/mol. The quantitative estimate of drug-likeness (QED) is 0.179. The molecule has 0 aliphatic carbocycles. The third kappa shape index (κ3) is 2.69. The van der Waals surface area contributed by atoms with E-state index in [-0.39, 0.29) is 6.42 Å². The van der Waals surface area contributed by atoms with Crippen LogP contribution in [0.4, 0.5) is 0 Å². The molecule has 0 fully saturated rings. The first-order valence-electron chi connectivity index (χ1n) is 2.42. The maximum Gasteiger partial charge on any atom is 0.251 e. The first-order valence-corrected chi connectivity index (χ1v) is 2.42. The molecule has 0 aromatic heterocycles. The van der Waals surface area contributed by atoms with Gasteiger partial charge in [0.05, 0.1) is 6.04 Å². The van der Waals surface area contributed by atoms with E-state index in [1.54, 1.807) is 0 Å². The number of carbonyl (C=O) groups is 1. The van der Waals surface area contributed by atoms with Gasteiger partial charge in [-0.05, 0) is 0 Å². The molecule has 0 rings (SSSR count). The number of hydrogen-bond acceptors (Lipinski definition) is 3. The van der Waals surface area contributed by atoms with Gasteiger partial charge in [-0.1, -0.05) is 0 Å². The first-order chi connectivity index (χ1) is 4.22. The number of nitrogens with two attached hydrogens (primary N) is 2. The third-order valence-corrected chi connectivity index (χ3v) is 0.817. The van der Waals surface area contributed by atoms with Crippen molar-refractivity contribution in [3.05, 3.63) is 0 Å². The number of hydrogen-bond donors (Lipinski definition) is 3. The van der Waals surface area contributed by atoms with Gasteiger partial charge in [0.15, 0.2) is 0 Å². The number of rotatable bonds is 2. The minimum atomic E-state index is -0.681. The number of amides is 1. The normalized spacial score (nSPS) is 11.7. The lowest BCUT2D eigenvalue weighted by Crippen LogP contribution is -2.43. The van der Waals surface area contributed by atoms with Crippen LogP contribution in [0.2, 0.25) is 0 Å². The van der Waals surface area contributed by atoms with E-state index in [1.807, 2.05) is 5.43 Å². The molecule has 0 saturated heterocycles. The Labute approximate surface area is 53.6 Å². The van der Waals surface area contributed by atoms with Crippen LogP contribution in [-0.4, -0.2) is 11.9 Å². The summed E-state index contributed by atoms with van der Waals surface area (Å²) in [6.45, 7) is 0. The minimum absolute atomic E-state index is 0.211. The van der Waals surface area contributed by atoms with Crippen molar-refractivity contribution < 1.29 is 4.79 Å². The first kappa shape index (κ1) is 7.95. The molecule has 0 aromatic carbocycles. The Morgan fingerprint density at radius 1 is 1.89 bits per heavy atom. The van der Waals surface area contributed by atoms with E-state index >= 15 is 0 Å². The number of terminal acetylenes is 1. The predicted octanol–water partition coefficient (Wildman–Crippen LogP) is -1.67. The molecule has 0 saturated carbocycles. The van der Waals surface area contributed by atoms with Crippen LogP contribution in [0, 0.1) is 12.3 Å². The molecule has 50 valence electrons. The standard InChI is InChI=1S/C5H9N3O/c1-2-3-4(6)5(9)8-7/h1,4H,3,6-7H2,(H,8,9)/t4-/m0/s1. The number of carbonyl (C=O) groups excluding carboxylic acids is 1. The monoisotopic (exact) mass is 127 g/mol. The van der Waals surface area contributed by atoms with Crippen molar-refractivity contribution in [1.82, 2.24) is 5.43 Å². The van der Waals surface area contributed by atoms with Crippen LogP contribution in [0.25, 0.3) is 0 Å². The topological polar surface area (TPSA) is 81.1 Å².